The Kier molecular flexibility index (Phi) is 7.76. The first-order chi connectivity index (χ1) is 21.3. The standard InChI is InChI=1S/C36H45FN4O3/c1-3-44-34(43)36(14-7-15-36)33(42)39-19-16-35(17-20-39,26-8-6-9-27(37)22-26)18-21-40-28-12-13-29(40)24-30(23-28)41-25(2)38-31-10-4-5-11-32(31)41/h4-6,8-11,22,28-30H,3,7,12-21,23-24H2,1-2H3/t28-,29+,30?. The average Bonchev–Trinajstić information content (AvgIpc) is 3.46. The highest BCUT2D eigenvalue weighted by molar-refractivity contribution is 6.03. The van der Waals surface area contributed by atoms with Crippen LogP contribution in [0.2, 0.25) is 0 Å². The number of ether oxygens (including phenoxy) is 1. The van der Waals surface area contributed by atoms with Gasteiger partial charge in [0.25, 0.3) is 0 Å². The van der Waals surface area contributed by atoms with Crippen LogP contribution in [0.1, 0.15) is 88.6 Å². The van der Waals surface area contributed by atoms with Crippen molar-refractivity contribution >= 4 is 22.9 Å². The van der Waals surface area contributed by atoms with Gasteiger partial charge in [-0.05, 0) is 113 Å². The van der Waals surface area contributed by atoms with Gasteiger partial charge in [-0.2, -0.15) is 0 Å². The third-order valence-corrected chi connectivity index (χ3v) is 11.6. The van der Waals surface area contributed by atoms with Crippen molar-refractivity contribution in [3.63, 3.8) is 0 Å². The molecule has 3 atom stereocenters. The van der Waals surface area contributed by atoms with Gasteiger partial charge >= 0.3 is 5.97 Å². The Balaban J connectivity index is 1.07. The summed E-state index contributed by atoms with van der Waals surface area (Å²) < 4.78 is 22.4. The predicted molar refractivity (Wildman–Crippen MR) is 168 cm³/mol. The summed E-state index contributed by atoms with van der Waals surface area (Å²) in [4.78, 5) is 36.0. The summed E-state index contributed by atoms with van der Waals surface area (Å²) in [6.07, 6.45) is 9.20. The summed E-state index contributed by atoms with van der Waals surface area (Å²) in [6.45, 7) is 6.35. The van der Waals surface area contributed by atoms with Crippen molar-refractivity contribution in [1.82, 2.24) is 19.4 Å². The van der Waals surface area contributed by atoms with Crippen molar-refractivity contribution in [1.29, 1.82) is 0 Å². The van der Waals surface area contributed by atoms with Gasteiger partial charge in [0.05, 0.1) is 17.6 Å². The molecule has 2 bridgehead atoms. The molecule has 1 saturated carbocycles. The molecule has 44 heavy (non-hydrogen) atoms. The third-order valence-electron chi connectivity index (χ3n) is 11.6. The van der Waals surface area contributed by atoms with Crippen molar-refractivity contribution in [2.45, 2.75) is 102 Å². The van der Waals surface area contributed by atoms with Crippen molar-refractivity contribution in [2.75, 3.05) is 26.2 Å². The number of carbonyl (C=O) groups excluding carboxylic acids is 2. The molecule has 4 heterocycles. The van der Waals surface area contributed by atoms with E-state index in [0.29, 0.717) is 44.1 Å². The molecule has 1 unspecified atom stereocenters. The second kappa shape index (κ2) is 11.6. The number of fused-ring (bicyclic) bond motifs is 3. The summed E-state index contributed by atoms with van der Waals surface area (Å²) in [5.41, 5.74) is 2.14. The average molecular weight is 601 g/mol. The van der Waals surface area contributed by atoms with Crippen LogP contribution in [-0.4, -0.2) is 69.6 Å². The van der Waals surface area contributed by atoms with Crippen molar-refractivity contribution in [3.8, 4) is 0 Å². The van der Waals surface area contributed by atoms with E-state index in [2.05, 4.69) is 46.7 Å². The molecule has 1 aromatic heterocycles. The Bertz CT molecular complexity index is 1530. The zero-order chi connectivity index (χ0) is 30.5. The van der Waals surface area contributed by atoms with Gasteiger partial charge in [0.1, 0.15) is 17.1 Å². The maximum absolute atomic E-state index is 14.6. The van der Waals surface area contributed by atoms with E-state index in [-0.39, 0.29) is 29.7 Å². The second-order valence-electron chi connectivity index (χ2n) is 13.8. The van der Waals surface area contributed by atoms with E-state index >= 15 is 0 Å². The Hall–Kier alpha value is -3.26. The van der Waals surface area contributed by atoms with E-state index in [1.807, 2.05) is 11.0 Å². The van der Waals surface area contributed by atoms with Gasteiger partial charge in [-0.25, -0.2) is 9.37 Å². The molecular weight excluding hydrogens is 555 g/mol. The van der Waals surface area contributed by atoms with E-state index in [1.54, 1.807) is 13.0 Å². The minimum absolute atomic E-state index is 0.0718. The number of rotatable bonds is 8. The van der Waals surface area contributed by atoms with Gasteiger partial charge in [-0.15, -0.1) is 0 Å². The molecule has 2 aromatic carbocycles. The zero-order valence-electron chi connectivity index (χ0n) is 26.1. The fraction of sp³-hybridized carbons (Fsp3) is 0.583. The number of aromatic nitrogens is 2. The number of amides is 1. The molecule has 3 saturated heterocycles. The van der Waals surface area contributed by atoms with Crippen LogP contribution in [0, 0.1) is 18.2 Å². The normalized spacial score (nSPS) is 26.0. The Labute approximate surface area is 259 Å². The molecule has 7 nitrogen and oxygen atoms in total. The Morgan fingerprint density at radius 2 is 1.70 bits per heavy atom. The molecule has 0 radical (unpaired) electrons. The van der Waals surface area contributed by atoms with Crippen LogP contribution in [-0.2, 0) is 19.7 Å². The lowest BCUT2D eigenvalue weighted by molar-refractivity contribution is -0.172. The highest BCUT2D eigenvalue weighted by Crippen LogP contribution is 2.47. The number of benzene rings is 2. The SMILES string of the molecule is CCOC(=O)C1(C(=O)N2CCC(CCN3[C@@H]4CC[C@H]3CC(n3c(C)nc5ccccc53)C4)(c3cccc(F)c3)CC2)CCC1. The number of para-hydroxylation sites is 2. The van der Waals surface area contributed by atoms with Crippen molar-refractivity contribution < 1.29 is 18.7 Å². The van der Waals surface area contributed by atoms with E-state index in [1.165, 1.54) is 24.4 Å². The molecule has 4 aliphatic rings. The van der Waals surface area contributed by atoms with Gasteiger partial charge in [0, 0.05) is 31.2 Å². The number of likely N-dealkylation sites (tertiary alicyclic amines) is 1. The van der Waals surface area contributed by atoms with Crippen LogP contribution >= 0.6 is 0 Å². The fourth-order valence-electron chi connectivity index (χ4n) is 9.04. The molecule has 234 valence electrons. The molecule has 4 fully saturated rings. The van der Waals surface area contributed by atoms with Gasteiger partial charge in [0.2, 0.25) is 5.91 Å². The molecule has 3 aromatic rings. The maximum Gasteiger partial charge on any atom is 0.321 e. The van der Waals surface area contributed by atoms with Gasteiger partial charge in [0.15, 0.2) is 0 Å². The third kappa shape index (κ3) is 4.93. The van der Waals surface area contributed by atoms with E-state index < -0.39 is 5.41 Å². The summed E-state index contributed by atoms with van der Waals surface area (Å²) in [6, 6.07) is 17.1. The number of piperidine rings is 2. The minimum Gasteiger partial charge on any atom is -0.465 e. The smallest absolute Gasteiger partial charge is 0.321 e. The van der Waals surface area contributed by atoms with Crippen LogP contribution in [0.15, 0.2) is 48.5 Å². The number of hydrogen-bond acceptors (Lipinski definition) is 5. The lowest BCUT2D eigenvalue weighted by atomic mass is 9.66. The lowest BCUT2D eigenvalue weighted by Gasteiger charge is -2.48. The number of aryl methyl sites for hydroxylation is 1. The molecule has 7 rings (SSSR count). The first-order valence-electron chi connectivity index (χ1n) is 16.8. The maximum atomic E-state index is 14.6. The summed E-state index contributed by atoms with van der Waals surface area (Å²) in [7, 11) is 0. The number of carbonyl (C=O) groups is 2. The highest BCUT2D eigenvalue weighted by Gasteiger charge is 2.55. The fourth-order valence-corrected chi connectivity index (χ4v) is 9.04. The number of hydrogen-bond donors (Lipinski definition) is 0. The number of halogens is 1. The lowest BCUT2D eigenvalue weighted by Crippen LogP contribution is -2.56. The molecule has 1 amide bonds. The van der Waals surface area contributed by atoms with Gasteiger partial charge in [-0.1, -0.05) is 30.7 Å². The number of esters is 1. The van der Waals surface area contributed by atoms with Crippen LogP contribution in [0.4, 0.5) is 4.39 Å². The van der Waals surface area contributed by atoms with Crippen LogP contribution < -0.4 is 0 Å². The van der Waals surface area contributed by atoms with E-state index in [9.17, 15) is 14.0 Å². The first-order valence-corrected chi connectivity index (χ1v) is 16.8. The second-order valence-corrected chi connectivity index (χ2v) is 13.8. The van der Waals surface area contributed by atoms with Crippen molar-refractivity contribution in [2.24, 2.45) is 5.41 Å². The number of nitrogens with zero attached hydrogens (tertiary/aromatic N) is 4. The summed E-state index contributed by atoms with van der Waals surface area (Å²) >= 11 is 0. The minimum atomic E-state index is -1.00. The first kappa shape index (κ1) is 29.5. The van der Waals surface area contributed by atoms with Crippen LogP contribution in [0.25, 0.3) is 11.0 Å². The topological polar surface area (TPSA) is 67.7 Å². The molecule has 8 heteroatoms. The predicted octanol–water partition coefficient (Wildman–Crippen LogP) is 6.34. The number of imidazole rings is 1. The molecule has 3 aliphatic heterocycles. The molecular formula is C36H45FN4O3. The van der Waals surface area contributed by atoms with Crippen molar-refractivity contribution in [3.05, 3.63) is 65.7 Å². The van der Waals surface area contributed by atoms with Crippen LogP contribution in [0.3, 0.4) is 0 Å². The van der Waals surface area contributed by atoms with E-state index in [0.717, 1.165) is 62.0 Å². The highest BCUT2D eigenvalue weighted by atomic mass is 19.1. The molecule has 1 aliphatic carbocycles. The van der Waals surface area contributed by atoms with E-state index in [4.69, 9.17) is 9.72 Å². The van der Waals surface area contributed by atoms with Gasteiger partial charge in [-0.3, -0.25) is 14.5 Å². The van der Waals surface area contributed by atoms with Crippen LogP contribution in [0.5, 0.6) is 0 Å². The Morgan fingerprint density at radius 3 is 2.36 bits per heavy atom. The summed E-state index contributed by atoms with van der Waals surface area (Å²) in [5, 5.41) is 0. The monoisotopic (exact) mass is 600 g/mol. The Morgan fingerprint density at radius 1 is 0.977 bits per heavy atom. The molecule has 0 N–H and O–H groups in total. The zero-order valence-corrected chi connectivity index (χ0v) is 26.1. The quantitative estimate of drug-likeness (QED) is 0.223. The largest absolute Gasteiger partial charge is 0.465 e. The van der Waals surface area contributed by atoms with Gasteiger partial charge < -0.3 is 14.2 Å². The summed E-state index contributed by atoms with van der Waals surface area (Å²) in [5.74, 6) is 0.454. The molecule has 0 spiro atoms.